The van der Waals surface area contributed by atoms with Crippen molar-refractivity contribution in [1.82, 2.24) is 20.4 Å². The SMILES string of the molecule is Cc1nn(-c2ccccc2)cc1CCCNC(=O)CCCNC(=O)c1ccc(F)cc1. The van der Waals surface area contributed by atoms with Crippen molar-refractivity contribution in [1.29, 1.82) is 0 Å². The van der Waals surface area contributed by atoms with Gasteiger partial charge in [0.1, 0.15) is 5.82 Å². The predicted octanol–water partition coefficient (Wildman–Crippen LogP) is 3.58. The highest BCUT2D eigenvalue weighted by molar-refractivity contribution is 5.94. The van der Waals surface area contributed by atoms with Crippen LogP contribution in [0.5, 0.6) is 0 Å². The van der Waals surface area contributed by atoms with Crippen molar-refractivity contribution < 1.29 is 14.0 Å². The molecule has 1 heterocycles. The summed E-state index contributed by atoms with van der Waals surface area (Å²) in [6.07, 6.45) is 4.59. The minimum absolute atomic E-state index is 0.0345. The van der Waals surface area contributed by atoms with E-state index in [1.807, 2.05) is 48.1 Å². The number of benzene rings is 2. The third-order valence-electron chi connectivity index (χ3n) is 4.94. The standard InChI is InChI=1S/C24H27FN4O2/c1-18-20(17-29(28-18)22-8-3-2-4-9-22)7-5-15-26-23(30)10-6-16-27-24(31)19-11-13-21(25)14-12-19/h2-4,8-9,11-14,17H,5-7,10,15-16H2,1H3,(H,26,30)(H,27,31). The smallest absolute Gasteiger partial charge is 0.251 e. The van der Waals surface area contributed by atoms with Crippen LogP contribution < -0.4 is 10.6 Å². The number of aryl methyl sites for hydroxylation is 2. The minimum Gasteiger partial charge on any atom is -0.356 e. The first-order valence-electron chi connectivity index (χ1n) is 10.4. The van der Waals surface area contributed by atoms with Gasteiger partial charge < -0.3 is 10.6 Å². The fourth-order valence-corrected chi connectivity index (χ4v) is 3.20. The molecule has 3 aromatic rings. The molecular formula is C24H27FN4O2. The molecule has 0 aliphatic heterocycles. The Morgan fingerprint density at radius 1 is 0.968 bits per heavy atom. The van der Waals surface area contributed by atoms with Crippen molar-refractivity contribution in [2.45, 2.75) is 32.6 Å². The third kappa shape index (κ3) is 6.77. The molecule has 0 aliphatic rings. The summed E-state index contributed by atoms with van der Waals surface area (Å²) in [4.78, 5) is 23.9. The van der Waals surface area contributed by atoms with Gasteiger partial charge in [0.25, 0.3) is 5.91 Å². The number of para-hydroxylation sites is 1. The van der Waals surface area contributed by atoms with Gasteiger partial charge >= 0.3 is 0 Å². The maximum atomic E-state index is 12.9. The molecule has 0 bridgehead atoms. The Kier molecular flexibility index (Phi) is 7.92. The molecule has 2 amide bonds. The number of halogens is 1. The summed E-state index contributed by atoms with van der Waals surface area (Å²) in [6.45, 7) is 2.98. The van der Waals surface area contributed by atoms with Gasteiger partial charge in [-0.25, -0.2) is 9.07 Å². The lowest BCUT2D eigenvalue weighted by Gasteiger charge is -2.07. The maximum Gasteiger partial charge on any atom is 0.251 e. The Morgan fingerprint density at radius 2 is 1.68 bits per heavy atom. The first kappa shape index (κ1) is 22.2. The molecule has 0 fully saturated rings. The Hall–Kier alpha value is -3.48. The van der Waals surface area contributed by atoms with E-state index in [1.165, 1.54) is 29.8 Å². The second-order valence-corrected chi connectivity index (χ2v) is 7.34. The van der Waals surface area contributed by atoms with E-state index in [1.54, 1.807) is 0 Å². The van der Waals surface area contributed by atoms with Crippen molar-refractivity contribution in [3.63, 3.8) is 0 Å². The first-order chi connectivity index (χ1) is 15.0. The number of carbonyl (C=O) groups excluding carboxylic acids is 2. The first-order valence-corrected chi connectivity index (χ1v) is 10.4. The highest BCUT2D eigenvalue weighted by Gasteiger charge is 2.08. The largest absolute Gasteiger partial charge is 0.356 e. The van der Waals surface area contributed by atoms with E-state index in [-0.39, 0.29) is 17.6 Å². The van der Waals surface area contributed by atoms with Gasteiger partial charge in [-0.3, -0.25) is 9.59 Å². The molecule has 1 aromatic heterocycles. The monoisotopic (exact) mass is 422 g/mol. The van der Waals surface area contributed by atoms with Crippen molar-refractivity contribution >= 4 is 11.8 Å². The Labute approximate surface area is 181 Å². The molecule has 6 nitrogen and oxygen atoms in total. The summed E-state index contributed by atoms with van der Waals surface area (Å²) in [5, 5.41) is 10.2. The molecule has 31 heavy (non-hydrogen) atoms. The van der Waals surface area contributed by atoms with Crippen LogP contribution in [0.1, 0.15) is 40.9 Å². The van der Waals surface area contributed by atoms with Crippen LogP contribution in [0, 0.1) is 12.7 Å². The van der Waals surface area contributed by atoms with Crippen LogP contribution in [-0.2, 0) is 11.2 Å². The molecule has 0 atom stereocenters. The molecule has 0 radical (unpaired) electrons. The molecular weight excluding hydrogens is 395 g/mol. The van der Waals surface area contributed by atoms with E-state index >= 15 is 0 Å². The van der Waals surface area contributed by atoms with Gasteiger partial charge in [0, 0.05) is 31.3 Å². The zero-order chi connectivity index (χ0) is 22.1. The molecule has 2 N–H and O–H groups in total. The summed E-state index contributed by atoms with van der Waals surface area (Å²) < 4.78 is 14.8. The highest BCUT2D eigenvalue weighted by Crippen LogP contribution is 2.13. The lowest BCUT2D eigenvalue weighted by molar-refractivity contribution is -0.121. The second kappa shape index (κ2) is 11.1. The van der Waals surface area contributed by atoms with Gasteiger partial charge in [-0.15, -0.1) is 0 Å². The molecule has 0 unspecified atom stereocenters. The Bertz CT molecular complexity index is 1000. The lowest BCUT2D eigenvalue weighted by atomic mass is 10.1. The molecule has 2 aromatic carbocycles. The van der Waals surface area contributed by atoms with Crippen molar-refractivity contribution in [3.8, 4) is 5.69 Å². The molecule has 162 valence electrons. The van der Waals surface area contributed by atoms with Crippen molar-refractivity contribution in [3.05, 3.63) is 83.4 Å². The van der Waals surface area contributed by atoms with Crippen LogP contribution in [-0.4, -0.2) is 34.7 Å². The van der Waals surface area contributed by atoms with Gasteiger partial charge in [-0.05, 0) is 68.1 Å². The number of nitrogens with one attached hydrogen (secondary N) is 2. The molecule has 0 saturated heterocycles. The molecule has 3 rings (SSSR count). The van der Waals surface area contributed by atoms with Gasteiger partial charge in [0.2, 0.25) is 5.91 Å². The van der Waals surface area contributed by atoms with E-state index in [2.05, 4.69) is 15.7 Å². The second-order valence-electron chi connectivity index (χ2n) is 7.34. The van der Waals surface area contributed by atoms with Crippen LogP contribution in [0.2, 0.25) is 0 Å². The van der Waals surface area contributed by atoms with Crippen LogP contribution in [0.3, 0.4) is 0 Å². The summed E-state index contributed by atoms with van der Waals surface area (Å²) in [6, 6.07) is 15.3. The topological polar surface area (TPSA) is 76.0 Å². The number of nitrogens with zero attached hydrogens (tertiary/aromatic N) is 2. The quantitative estimate of drug-likeness (QED) is 0.491. The van der Waals surface area contributed by atoms with Crippen LogP contribution in [0.15, 0.2) is 60.8 Å². The summed E-state index contributed by atoms with van der Waals surface area (Å²) in [7, 11) is 0. The fraction of sp³-hybridized carbons (Fsp3) is 0.292. The predicted molar refractivity (Wildman–Crippen MR) is 118 cm³/mol. The van der Waals surface area contributed by atoms with Crippen LogP contribution in [0.4, 0.5) is 4.39 Å². The van der Waals surface area contributed by atoms with E-state index < -0.39 is 0 Å². The van der Waals surface area contributed by atoms with E-state index in [9.17, 15) is 14.0 Å². The third-order valence-corrected chi connectivity index (χ3v) is 4.94. The van der Waals surface area contributed by atoms with Gasteiger partial charge in [-0.2, -0.15) is 5.10 Å². The van der Waals surface area contributed by atoms with Crippen molar-refractivity contribution in [2.24, 2.45) is 0 Å². The number of carbonyl (C=O) groups is 2. The summed E-state index contributed by atoms with van der Waals surface area (Å²) >= 11 is 0. The Balaban J connectivity index is 1.30. The zero-order valence-electron chi connectivity index (χ0n) is 17.6. The van der Waals surface area contributed by atoms with Crippen LogP contribution in [0.25, 0.3) is 5.69 Å². The number of rotatable bonds is 10. The summed E-state index contributed by atoms with van der Waals surface area (Å²) in [5.41, 5.74) is 3.59. The average molecular weight is 423 g/mol. The van der Waals surface area contributed by atoms with E-state index in [0.717, 1.165) is 24.2 Å². The van der Waals surface area contributed by atoms with Gasteiger partial charge in [-0.1, -0.05) is 18.2 Å². The molecule has 7 heteroatoms. The number of amides is 2. The van der Waals surface area contributed by atoms with E-state index in [4.69, 9.17) is 0 Å². The number of hydrogen-bond acceptors (Lipinski definition) is 3. The average Bonchev–Trinajstić information content (AvgIpc) is 3.16. The highest BCUT2D eigenvalue weighted by atomic mass is 19.1. The van der Waals surface area contributed by atoms with Crippen LogP contribution >= 0.6 is 0 Å². The van der Waals surface area contributed by atoms with E-state index in [0.29, 0.717) is 31.5 Å². The zero-order valence-corrected chi connectivity index (χ0v) is 17.6. The lowest BCUT2D eigenvalue weighted by Crippen LogP contribution is -2.28. The Morgan fingerprint density at radius 3 is 2.42 bits per heavy atom. The van der Waals surface area contributed by atoms with Gasteiger partial charge in [0.15, 0.2) is 0 Å². The van der Waals surface area contributed by atoms with Crippen molar-refractivity contribution in [2.75, 3.05) is 13.1 Å². The summed E-state index contributed by atoms with van der Waals surface area (Å²) in [5.74, 6) is -0.687. The fourth-order valence-electron chi connectivity index (χ4n) is 3.20. The maximum absolute atomic E-state index is 12.9. The number of hydrogen-bond donors (Lipinski definition) is 2. The molecule has 0 spiro atoms. The number of aromatic nitrogens is 2. The minimum atomic E-state index is -0.381. The molecule has 0 saturated carbocycles. The molecule has 0 aliphatic carbocycles. The normalized spacial score (nSPS) is 10.6. The van der Waals surface area contributed by atoms with Gasteiger partial charge in [0.05, 0.1) is 11.4 Å².